The van der Waals surface area contributed by atoms with Gasteiger partial charge >= 0.3 is 0 Å². The molecule has 23 N–H and O–H groups in total. The second-order valence-corrected chi connectivity index (χ2v) is 28.1. The van der Waals surface area contributed by atoms with Crippen molar-refractivity contribution in [1.29, 1.82) is 0 Å². The first-order valence-corrected chi connectivity index (χ1v) is 38.0. The average Bonchev–Trinajstić information content (AvgIpc) is 0.786. The molecule has 42 heteroatoms. The van der Waals surface area contributed by atoms with Gasteiger partial charge in [0.1, 0.15) is 139 Å². The maximum atomic E-state index is 13.5. The van der Waals surface area contributed by atoms with E-state index >= 15 is 0 Å². The van der Waals surface area contributed by atoms with Crippen molar-refractivity contribution in [2.45, 2.75) is 276 Å². The highest BCUT2D eigenvalue weighted by Crippen LogP contribution is 2.32. The molecule has 5 aliphatic heterocycles. The number of hydrogen-bond donors (Lipinski definition) is 23. The number of ketones is 3. The molecule has 42 nitrogen and oxygen atoms in total. The van der Waals surface area contributed by atoms with E-state index in [9.17, 15) is 130 Å². The van der Waals surface area contributed by atoms with Crippen LogP contribution in [0, 0.1) is 5.92 Å². The molecule has 0 aromatic carbocycles. The molecule has 0 aromatic heterocycles. The first kappa shape index (κ1) is 96.8. The molecule has 26 atom stereocenters. The molecule has 5 heterocycles. The van der Waals surface area contributed by atoms with E-state index in [1.165, 1.54) is 4.90 Å². The third-order valence-electron chi connectivity index (χ3n) is 19.4. The summed E-state index contributed by atoms with van der Waals surface area (Å²) in [6.07, 6.45) is -36.5. The number of rotatable bonds is 53. The van der Waals surface area contributed by atoms with Crippen LogP contribution in [0.15, 0.2) is 0 Å². The fourth-order valence-corrected chi connectivity index (χ4v) is 12.7. The van der Waals surface area contributed by atoms with E-state index in [2.05, 4.69) is 26.6 Å². The van der Waals surface area contributed by atoms with Crippen molar-refractivity contribution in [2.75, 3.05) is 105 Å². The van der Waals surface area contributed by atoms with Gasteiger partial charge in [-0.3, -0.25) is 43.3 Å². The Labute approximate surface area is 641 Å². The summed E-state index contributed by atoms with van der Waals surface area (Å²) >= 11 is 0. The topological polar surface area (TPSA) is 656 Å². The van der Waals surface area contributed by atoms with Crippen LogP contribution >= 0.6 is 0 Å². The zero-order valence-electron chi connectivity index (χ0n) is 62.4. The van der Waals surface area contributed by atoms with Gasteiger partial charge in [0.15, 0.2) is 31.5 Å². The van der Waals surface area contributed by atoms with E-state index in [-0.39, 0.29) is 128 Å². The molecule has 642 valence electrons. The van der Waals surface area contributed by atoms with Gasteiger partial charge < -0.3 is 166 Å². The number of Topliss-reactive ketones (excluding diaryl/α,β-unsaturated/α-hetero) is 3. The van der Waals surface area contributed by atoms with Gasteiger partial charge in [0.2, 0.25) is 29.5 Å². The van der Waals surface area contributed by atoms with Crippen LogP contribution in [0.2, 0.25) is 0 Å². The van der Waals surface area contributed by atoms with Crippen LogP contribution < -0.4 is 26.6 Å². The standard InChI is InChI=1S/C69H120N6O36/c1-2-37(80)13-6-3-9-19-70-46(84)28-75(29-47(85)71-20-10-4-7-14-38(81)16-12-24-102-68-62(100)63(111-69-61(99)57(95)52(90)43(34-79)109-69)53(91)44(110-68)35-105-67-60(98)56(94)51(89)42(33-78)108-67)30-48(86)72-21-11-5-8-15-39(82)27-36(64(101)74-23-26-104-66-59(97)55(93)50(88)41(32-77)107-66)17-18-45(83)73-22-25-103-65-58(96)54(92)49(87)40(31-76)106-65/h36,40-44,49-63,65-69,76-79,87-100H,2-35H2,1H3,(H,70,84)(H,71,85)(H,72,86)(H,73,83)(H,74,101)/t36-,40-,41-,42-,43-,44-,49-,50-,51-,52-,53-,54+,55+,56+,57+,58+,59+,60+,61+,62+,63+,65+,66+,67+,68+,69-/m1/s1. The van der Waals surface area contributed by atoms with Crippen LogP contribution in [0.4, 0.5) is 0 Å². The van der Waals surface area contributed by atoms with Crippen LogP contribution in [0.3, 0.4) is 0 Å². The number of aliphatic hydroxyl groups excluding tert-OH is 18. The van der Waals surface area contributed by atoms with Gasteiger partial charge in [0.25, 0.3) is 0 Å². The summed E-state index contributed by atoms with van der Waals surface area (Å²) < 4.78 is 55.2. The number of carbonyl (C=O) groups excluding carboxylic acids is 8. The molecule has 5 amide bonds. The predicted molar refractivity (Wildman–Crippen MR) is 373 cm³/mol. The van der Waals surface area contributed by atoms with Gasteiger partial charge in [0.05, 0.1) is 72.5 Å². The SMILES string of the molecule is CCC(=O)CCCCCNC(=O)CN(CC(=O)NCCCCCC(=O)CCCO[C@H]1O[C@H](CO[C@H]2O[C@H](CO)[C@@H](O)[C@H](O)[C@@H]2O)[C@@H](O)[C@H](O[C@H]2O[C@H](CO)[C@@H](O)[C@H](O)[C@@H]2O)[C@@H]1O)CC(=O)NCCCCCC(=O)C[C@@H](CCC(=O)NCCO[C@H]1O[C@H](CO)[C@@H](O)[C@H](O)[C@@H]1O)C(=O)NCCO[C@H]1O[C@H](CO)[C@@H](O)[C@H](O)[C@@H]1O. The Morgan fingerprint density at radius 1 is 0.342 bits per heavy atom. The lowest BCUT2D eigenvalue weighted by Crippen LogP contribution is -2.65. The maximum Gasteiger partial charge on any atom is 0.234 e. The van der Waals surface area contributed by atoms with Crippen molar-refractivity contribution in [2.24, 2.45) is 5.92 Å². The average molecular weight is 1610 g/mol. The maximum absolute atomic E-state index is 13.5. The first-order chi connectivity index (χ1) is 53.0. The summed E-state index contributed by atoms with van der Waals surface area (Å²) in [6, 6.07) is 0. The van der Waals surface area contributed by atoms with E-state index in [1.807, 2.05) is 0 Å². The van der Waals surface area contributed by atoms with Gasteiger partial charge in [0, 0.05) is 83.6 Å². The van der Waals surface area contributed by atoms with Crippen LogP contribution in [0.25, 0.3) is 0 Å². The largest absolute Gasteiger partial charge is 0.394 e. The Kier molecular flexibility index (Phi) is 44.7. The lowest BCUT2D eigenvalue weighted by atomic mass is 9.93. The zero-order valence-corrected chi connectivity index (χ0v) is 62.4. The molecule has 0 spiro atoms. The first-order valence-electron chi connectivity index (χ1n) is 38.0. The Morgan fingerprint density at radius 3 is 1.14 bits per heavy atom. The summed E-state index contributed by atoms with van der Waals surface area (Å²) in [5.74, 6) is -4.07. The van der Waals surface area contributed by atoms with Gasteiger partial charge in [-0.05, 0) is 51.4 Å². The van der Waals surface area contributed by atoms with E-state index < -0.39 is 222 Å². The summed E-state index contributed by atoms with van der Waals surface area (Å²) in [5.41, 5.74) is 0. The van der Waals surface area contributed by atoms with Crippen LogP contribution in [-0.4, -0.2) is 402 Å². The molecular weight excluding hydrogens is 1490 g/mol. The van der Waals surface area contributed by atoms with Gasteiger partial charge in [-0.25, -0.2) is 0 Å². The zero-order chi connectivity index (χ0) is 81.9. The number of carbonyl (C=O) groups is 8. The second-order valence-electron chi connectivity index (χ2n) is 28.1. The van der Waals surface area contributed by atoms with Crippen molar-refractivity contribution >= 4 is 46.9 Å². The second kappa shape index (κ2) is 51.3. The molecule has 111 heavy (non-hydrogen) atoms. The number of aliphatic hydroxyl groups is 18. The fraction of sp³-hybridized carbons (Fsp3) is 0.884. The van der Waals surface area contributed by atoms with Crippen molar-refractivity contribution in [1.82, 2.24) is 31.5 Å². The third-order valence-corrected chi connectivity index (χ3v) is 19.4. The minimum absolute atomic E-state index is 0.000365. The van der Waals surface area contributed by atoms with E-state index in [1.54, 1.807) is 6.92 Å². The molecule has 0 aromatic rings. The summed E-state index contributed by atoms with van der Waals surface area (Å²) in [7, 11) is 0. The Hall–Kier alpha value is -4.80. The highest BCUT2D eigenvalue weighted by Gasteiger charge is 2.53. The van der Waals surface area contributed by atoms with Crippen molar-refractivity contribution < 1.29 is 178 Å². The molecule has 0 aliphatic carbocycles. The molecule has 5 fully saturated rings. The number of nitrogens with one attached hydrogen (secondary N) is 5. The summed E-state index contributed by atoms with van der Waals surface area (Å²) in [6.45, 7) is -3.39. The number of unbranched alkanes of at least 4 members (excludes halogenated alkanes) is 6. The molecule has 0 bridgehead atoms. The van der Waals surface area contributed by atoms with Gasteiger partial charge in [-0.15, -0.1) is 0 Å². The van der Waals surface area contributed by atoms with E-state index in [0.29, 0.717) is 77.2 Å². The van der Waals surface area contributed by atoms with Crippen LogP contribution in [0.1, 0.15) is 122 Å². The Balaban J connectivity index is 1.05. The van der Waals surface area contributed by atoms with Gasteiger partial charge in [-0.2, -0.15) is 0 Å². The molecule has 5 rings (SSSR count). The molecule has 5 saturated heterocycles. The lowest BCUT2D eigenvalue weighted by molar-refractivity contribution is -0.366. The minimum atomic E-state index is -1.96. The smallest absolute Gasteiger partial charge is 0.234 e. The molecule has 0 unspecified atom stereocenters. The fourth-order valence-electron chi connectivity index (χ4n) is 12.7. The van der Waals surface area contributed by atoms with Crippen molar-refractivity contribution in [3.63, 3.8) is 0 Å². The van der Waals surface area contributed by atoms with Crippen LogP contribution in [0.5, 0.6) is 0 Å². The predicted octanol–water partition coefficient (Wildman–Crippen LogP) is -10.7. The molecular formula is C69H120N6O36. The highest BCUT2D eigenvalue weighted by atomic mass is 16.8. The van der Waals surface area contributed by atoms with E-state index in [0.717, 1.165) is 0 Å². The minimum Gasteiger partial charge on any atom is -0.394 e. The number of hydrogen-bond acceptors (Lipinski definition) is 37. The summed E-state index contributed by atoms with van der Waals surface area (Å²) in [5, 5.41) is 198. The number of nitrogens with zero attached hydrogens (tertiary/aromatic N) is 1. The molecule has 0 radical (unpaired) electrons. The van der Waals surface area contributed by atoms with E-state index in [4.69, 9.17) is 47.4 Å². The normalized spacial score (nSPS) is 32.7. The molecule has 0 saturated carbocycles. The number of amides is 5. The van der Waals surface area contributed by atoms with Crippen LogP contribution in [-0.2, 0) is 85.7 Å². The Bertz CT molecular complexity index is 2750. The quantitative estimate of drug-likeness (QED) is 0.0252. The lowest BCUT2D eigenvalue weighted by Gasteiger charge is -2.46. The van der Waals surface area contributed by atoms with Crippen molar-refractivity contribution in [3.05, 3.63) is 0 Å². The Morgan fingerprint density at radius 2 is 0.703 bits per heavy atom. The summed E-state index contributed by atoms with van der Waals surface area (Å²) in [4.78, 5) is 106. The third kappa shape index (κ3) is 32.0. The number of ether oxygens (including phenoxy) is 10. The van der Waals surface area contributed by atoms with Gasteiger partial charge in [-0.1, -0.05) is 26.2 Å². The van der Waals surface area contributed by atoms with Crippen molar-refractivity contribution in [3.8, 4) is 0 Å². The monoisotopic (exact) mass is 1610 g/mol. The highest BCUT2D eigenvalue weighted by molar-refractivity contribution is 5.87. The molecule has 5 aliphatic rings.